The van der Waals surface area contributed by atoms with Gasteiger partial charge in [-0.05, 0) is 50.3 Å². The van der Waals surface area contributed by atoms with Crippen molar-refractivity contribution in [3.8, 4) is 0 Å². The molecular weight excluding hydrogens is 248 g/mol. The third kappa shape index (κ3) is 3.22. The predicted molar refractivity (Wildman–Crippen MR) is 83.0 cm³/mol. The minimum absolute atomic E-state index is 0.511. The number of H-pyrrole nitrogens is 1. The molecule has 108 valence electrons. The van der Waals surface area contributed by atoms with E-state index < -0.39 is 0 Å². The van der Waals surface area contributed by atoms with E-state index in [1.54, 1.807) is 0 Å². The van der Waals surface area contributed by atoms with Crippen LogP contribution in [0.4, 0.5) is 0 Å². The van der Waals surface area contributed by atoms with E-state index in [0.717, 1.165) is 32.1 Å². The molecule has 0 aliphatic carbocycles. The average Bonchev–Trinajstić information content (AvgIpc) is 3.09. The maximum absolute atomic E-state index is 5.42. The molecule has 2 N–H and O–H groups in total. The first kappa shape index (κ1) is 13.7. The summed E-state index contributed by atoms with van der Waals surface area (Å²) in [5.74, 6) is 0.766. The number of benzene rings is 1. The van der Waals surface area contributed by atoms with Crippen LogP contribution in [0.25, 0.3) is 10.9 Å². The Morgan fingerprint density at radius 3 is 3.15 bits per heavy atom. The smallest absolute Gasteiger partial charge is 0.0495 e. The number of aromatic amines is 1. The van der Waals surface area contributed by atoms with E-state index in [1.807, 2.05) is 0 Å². The Balaban J connectivity index is 1.49. The lowest BCUT2D eigenvalue weighted by Gasteiger charge is -2.15. The van der Waals surface area contributed by atoms with Gasteiger partial charge in [0.1, 0.15) is 0 Å². The fraction of sp³-hybridized carbons (Fsp3) is 0.529. The zero-order chi connectivity index (χ0) is 13.8. The summed E-state index contributed by atoms with van der Waals surface area (Å²) in [5, 5.41) is 5.00. The van der Waals surface area contributed by atoms with Crippen LogP contribution < -0.4 is 5.32 Å². The summed E-state index contributed by atoms with van der Waals surface area (Å²) in [6, 6.07) is 9.03. The highest BCUT2D eigenvalue weighted by Gasteiger charge is 2.15. The Morgan fingerprint density at radius 2 is 2.30 bits per heavy atom. The summed E-state index contributed by atoms with van der Waals surface area (Å²) >= 11 is 0. The van der Waals surface area contributed by atoms with Gasteiger partial charge in [0.2, 0.25) is 0 Å². The highest BCUT2D eigenvalue weighted by atomic mass is 16.5. The number of rotatable bonds is 6. The quantitative estimate of drug-likeness (QED) is 0.848. The van der Waals surface area contributed by atoms with Crippen LogP contribution in [-0.4, -0.2) is 30.8 Å². The van der Waals surface area contributed by atoms with Crippen molar-refractivity contribution in [1.29, 1.82) is 0 Å². The van der Waals surface area contributed by atoms with E-state index in [1.165, 1.54) is 29.3 Å². The van der Waals surface area contributed by atoms with E-state index in [2.05, 4.69) is 47.7 Å². The Bertz CT molecular complexity index is 543. The second-order valence-electron chi connectivity index (χ2n) is 5.94. The summed E-state index contributed by atoms with van der Waals surface area (Å²) in [6.45, 7) is 5.28. The van der Waals surface area contributed by atoms with Crippen LogP contribution in [0.2, 0.25) is 0 Å². The number of aromatic nitrogens is 1. The normalized spacial score (nSPS) is 20.6. The standard InChI is InChI=1S/C17H24N2O/c1-13(18-8-6-14-7-9-20-12-14)10-15-11-19-17-5-3-2-4-16(15)17/h2-5,11,13-14,18-19H,6-10,12H2,1H3/t13-,14?/m1/s1. The number of hydrogen-bond donors (Lipinski definition) is 2. The highest BCUT2D eigenvalue weighted by Crippen LogP contribution is 2.19. The van der Waals surface area contributed by atoms with Gasteiger partial charge in [-0.2, -0.15) is 0 Å². The molecule has 3 rings (SSSR count). The number of hydrogen-bond acceptors (Lipinski definition) is 2. The van der Waals surface area contributed by atoms with E-state index in [4.69, 9.17) is 4.74 Å². The van der Waals surface area contributed by atoms with Crippen LogP contribution in [0.15, 0.2) is 30.5 Å². The Kier molecular flexibility index (Phi) is 4.38. The number of nitrogens with one attached hydrogen (secondary N) is 2. The average molecular weight is 272 g/mol. The van der Waals surface area contributed by atoms with Crippen molar-refractivity contribution in [2.24, 2.45) is 5.92 Å². The van der Waals surface area contributed by atoms with Crippen LogP contribution in [0.1, 0.15) is 25.3 Å². The van der Waals surface area contributed by atoms with Crippen molar-refractivity contribution in [3.05, 3.63) is 36.0 Å². The van der Waals surface area contributed by atoms with E-state index in [-0.39, 0.29) is 0 Å². The lowest BCUT2D eigenvalue weighted by Crippen LogP contribution is -2.30. The Hall–Kier alpha value is -1.32. The van der Waals surface area contributed by atoms with Crippen molar-refractivity contribution >= 4 is 10.9 Å². The second kappa shape index (κ2) is 6.42. The van der Waals surface area contributed by atoms with Gasteiger partial charge in [0.05, 0.1) is 0 Å². The molecule has 1 fully saturated rings. The summed E-state index contributed by atoms with van der Waals surface area (Å²) in [6.07, 6.45) is 5.69. The fourth-order valence-corrected chi connectivity index (χ4v) is 3.05. The van der Waals surface area contributed by atoms with Crippen LogP contribution in [0.5, 0.6) is 0 Å². The molecule has 3 heteroatoms. The summed E-state index contributed by atoms with van der Waals surface area (Å²) in [4.78, 5) is 3.35. The maximum Gasteiger partial charge on any atom is 0.0495 e. The first-order valence-electron chi connectivity index (χ1n) is 7.69. The van der Waals surface area contributed by atoms with Crippen molar-refractivity contribution in [1.82, 2.24) is 10.3 Å². The van der Waals surface area contributed by atoms with Gasteiger partial charge in [-0.15, -0.1) is 0 Å². The van der Waals surface area contributed by atoms with Gasteiger partial charge in [0.25, 0.3) is 0 Å². The summed E-state index contributed by atoms with van der Waals surface area (Å²) in [5.41, 5.74) is 2.64. The lowest BCUT2D eigenvalue weighted by molar-refractivity contribution is 0.184. The second-order valence-corrected chi connectivity index (χ2v) is 5.94. The largest absolute Gasteiger partial charge is 0.381 e. The number of ether oxygens (including phenoxy) is 1. The summed E-state index contributed by atoms with van der Waals surface area (Å²) in [7, 11) is 0. The van der Waals surface area contributed by atoms with E-state index >= 15 is 0 Å². The molecule has 0 bridgehead atoms. The molecule has 2 atom stereocenters. The molecule has 0 spiro atoms. The molecule has 0 amide bonds. The SMILES string of the molecule is C[C@H](Cc1c[nH]c2ccccc12)NCCC1CCOC1. The van der Waals surface area contributed by atoms with Crippen LogP contribution in [-0.2, 0) is 11.2 Å². The molecular formula is C17H24N2O. The van der Waals surface area contributed by atoms with Gasteiger partial charge in [-0.1, -0.05) is 18.2 Å². The van der Waals surface area contributed by atoms with Gasteiger partial charge in [-0.25, -0.2) is 0 Å². The fourth-order valence-electron chi connectivity index (χ4n) is 3.05. The molecule has 0 radical (unpaired) electrons. The Labute approximate surface area is 120 Å². The predicted octanol–water partition coefficient (Wildman–Crippen LogP) is 3.12. The Morgan fingerprint density at radius 1 is 1.40 bits per heavy atom. The zero-order valence-electron chi connectivity index (χ0n) is 12.2. The molecule has 1 saturated heterocycles. The molecule has 3 nitrogen and oxygen atoms in total. The first-order valence-corrected chi connectivity index (χ1v) is 7.69. The third-order valence-electron chi connectivity index (χ3n) is 4.27. The van der Waals surface area contributed by atoms with Gasteiger partial charge in [-0.3, -0.25) is 0 Å². The molecule has 2 aromatic rings. The van der Waals surface area contributed by atoms with Crippen molar-refractivity contribution in [2.45, 2.75) is 32.2 Å². The number of para-hydroxylation sites is 1. The van der Waals surface area contributed by atoms with Crippen molar-refractivity contribution < 1.29 is 4.74 Å². The molecule has 1 aromatic carbocycles. The lowest BCUT2D eigenvalue weighted by atomic mass is 10.0. The van der Waals surface area contributed by atoms with Crippen molar-refractivity contribution in [3.63, 3.8) is 0 Å². The highest BCUT2D eigenvalue weighted by molar-refractivity contribution is 5.83. The molecule has 1 aromatic heterocycles. The zero-order valence-corrected chi connectivity index (χ0v) is 12.2. The minimum Gasteiger partial charge on any atom is -0.381 e. The molecule has 1 unspecified atom stereocenters. The van der Waals surface area contributed by atoms with Gasteiger partial charge in [0, 0.05) is 36.4 Å². The molecule has 1 aliphatic heterocycles. The topological polar surface area (TPSA) is 37.0 Å². The van der Waals surface area contributed by atoms with Crippen LogP contribution in [0.3, 0.4) is 0 Å². The number of fused-ring (bicyclic) bond motifs is 1. The van der Waals surface area contributed by atoms with E-state index in [0.29, 0.717) is 6.04 Å². The van der Waals surface area contributed by atoms with Crippen LogP contribution >= 0.6 is 0 Å². The van der Waals surface area contributed by atoms with Gasteiger partial charge < -0.3 is 15.0 Å². The van der Waals surface area contributed by atoms with Gasteiger partial charge in [0.15, 0.2) is 0 Å². The van der Waals surface area contributed by atoms with Crippen molar-refractivity contribution in [2.75, 3.05) is 19.8 Å². The summed E-state index contributed by atoms with van der Waals surface area (Å²) < 4.78 is 5.42. The maximum atomic E-state index is 5.42. The molecule has 1 aliphatic rings. The van der Waals surface area contributed by atoms with Crippen LogP contribution in [0, 0.1) is 5.92 Å². The molecule has 0 saturated carbocycles. The molecule has 2 heterocycles. The van der Waals surface area contributed by atoms with E-state index in [9.17, 15) is 0 Å². The monoisotopic (exact) mass is 272 g/mol. The van der Waals surface area contributed by atoms with Gasteiger partial charge >= 0.3 is 0 Å². The third-order valence-corrected chi connectivity index (χ3v) is 4.27. The minimum atomic E-state index is 0.511. The molecule has 20 heavy (non-hydrogen) atoms. The first-order chi connectivity index (χ1) is 9.83.